The lowest BCUT2D eigenvalue weighted by molar-refractivity contribution is -0.386. The number of rotatable bonds is 8. The van der Waals surface area contributed by atoms with Crippen molar-refractivity contribution in [1.29, 1.82) is 0 Å². The van der Waals surface area contributed by atoms with E-state index in [4.69, 9.17) is 18.9 Å². The molecule has 3 aromatic rings. The summed E-state index contributed by atoms with van der Waals surface area (Å²) in [7, 11) is 5.97. The Kier molecular flexibility index (Phi) is 6.61. The molecule has 8 nitrogen and oxygen atoms in total. The smallest absolute Gasteiger partial charge is 0.275 e. The quantitative estimate of drug-likeness (QED) is 0.422. The van der Waals surface area contributed by atoms with Crippen LogP contribution in [0.1, 0.15) is 17.2 Å². The van der Waals surface area contributed by atoms with Crippen molar-refractivity contribution in [2.24, 2.45) is 0 Å². The fourth-order valence-corrected chi connectivity index (χ4v) is 3.34. The first-order valence-electron chi connectivity index (χ1n) is 9.34. The SMILES string of the molecule is COc1ccc(-c2ccc([N+](=O)[O-])c(C(O)c3cc(OC)c(OC)c(OC)c3)c2)cc1. The van der Waals surface area contributed by atoms with E-state index >= 15 is 0 Å². The van der Waals surface area contributed by atoms with Crippen LogP contribution in [0.25, 0.3) is 11.1 Å². The number of nitrogens with zero attached hydrogens (tertiary/aromatic N) is 1. The monoisotopic (exact) mass is 425 g/mol. The van der Waals surface area contributed by atoms with E-state index < -0.39 is 11.0 Å². The highest BCUT2D eigenvalue weighted by molar-refractivity contribution is 5.68. The summed E-state index contributed by atoms with van der Waals surface area (Å²) >= 11 is 0. The Bertz CT molecular complexity index is 1050. The zero-order valence-corrected chi connectivity index (χ0v) is 17.6. The lowest BCUT2D eigenvalue weighted by Gasteiger charge is -2.18. The molecule has 0 aliphatic rings. The minimum atomic E-state index is -1.30. The number of ether oxygens (including phenoxy) is 4. The summed E-state index contributed by atoms with van der Waals surface area (Å²) in [5.74, 6) is 1.74. The van der Waals surface area contributed by atoms with Gasteiger partial charge in [-0.15, -0.1) is 0 Å². The first-order valence-corrected chi connectivity index (χ1v) is 9.34. The Hall–Kier alpha value is -3.78. The summed E-state index contributed by atoms with van der Waals surface area (Å²) < 4.78 is 21.2. The van der Waals surface area contributed by atoms with Crippen LogP contribution in [0, 0.1) is 10.1 Å². The standard InChI is InChI=1S/C23H23NO7/c1-28-17-8-5-14(6-9-17)15-7-10-19(24(26)27)18(11-15)22(25)16-12-20(29-2)23(31-4)21(13-16)30-3/h5-13,22,25H,1-4H3. The van der Waals surface area contributed by atoms with Gasteiger partial charge in [0.2, 0.25) is 5.75 Å². The number of nitro benzene ring substituents is 1. The van der Waals surface area contributed by atoms with Crippen LogP contribution >= 0.6 is 0 Å². The van der Waals surface area contributed by atoms with Gasteiger partial charge in [-0.2, -0.15) is 0 Å². The van der Waals surface area contributed by atoms with Gasteiger partial charge in [0.15, 0.2) is 11.5 Å². The van der Waals surface area contributed by atoms with Crippen LogP contribution in [0.2, 0.25) is 0 Å². The van der Waals surface area contributed by atoms with Gasteiger partial charge in [-0.3, -0.25) is 10.1 Å². The molecule has 31 heavy (non-hydrogen) atoms. The molecule has 0 saturated carbocycles. The number of aliphatic hydroxyl groups is 1. The first-order chi connectivity index (χ1) is 14.9. The minimum Gasteiger partial charge on any atom is -0.497 e. The first kappa shape index (κ1) is 21.9. The second-order valence-electron chi connectivity index (χ2n) is 6.62. The highest BCUT2D eigenvalue weighted by Gasteiger charge is 2.25. The number of aliphatic hydroxyl groups excluding tert-OH is 1. The van der Waals surface area contributed by atoms with Gasteiger partial charge in [-0.25, -0.2) is 0 Å². The van der Waals surface area contributed by atoms with Gasteiger partial charge in [-0.1, -0.05) is 12.1 Å². The van der Waals surface area contributed by atoms with E-state index in [0.29, 0.717) is 28.6 Å². The fraction of sp³-hybridized carbons (Fsp3) is 0.217. The zero-order valence-electron chi connectivity index (χ0n) is 17.6. The average Bonchev–Trinajstić information content (AvgIpc) is 2.82. The molecule has 1 N–H and O–H groups in total. The normalized spacial score (nSPS) is 11.5. The van der Waals surface area contributed by atoms with Gasteiger partial charge in [0.05, 0.1) is 38.9 Å². The molecule has 0 amide bonds. The van der Waals surface area contributed by atoms with E-state index in [1.165, 1.54) is 27.4 Å². The summed E-state index contributed by atoms with van der Waals surface area (Å²) in [5, 5.41) is 22.7. The van der Waals surface area contributed by atoms with Gasteiger partial charge < -0.3 is 24.1 Å². The van der Waals surface area contributed by atoms with Crippen molar-refractivity contribution in [3.8, 4) is 34.1 Å². The van der Waals surface area contributed by atoms with Crippen molar-refractivity contribution in [3.05, 3.63) is 75.8 Å². The van der Waals surface area contributed by atoms with Gasteiger partial charge in [-0.05, 0) is 53.1 Å². The van der Waals surface area contributed by atoms with Crippen molar-refractivity contribution >= 4 is 5.69 Å². The second kappa shape index (κ2) is 9.36. The van der Waals surface area contributed by atoms with Crippen LogP contribution in [0.5, 0.6) is 23.0 Å². The predicted molar refractivity (Wildman–Crippen MR) is 115 cm³/mol. The molecule has 0 bridgehead atoms. The Balaban J connectivity index is 2.12. The molecule has 1 atom stereocenters. The van der Waals surface area contributed by atoms with E-state index in [0.717, 1.165) is 11.1 Å². The molecule has 0 spiro atoms. The number of benzene rings is 3. The molecule has 0 aliphatic carbocycles. The number of hydrogen-bond donors (Lipinski definition) is 1. The zero-order chi connectivity index (χ0) is 22.5. The lowest BCUT2D eigenvalue weighted by atomic mass is 9.95. The van der Waals surface area contributed by atoms with E-state index in [1.54, 1.807) is 43.5 Å². The summed E-state index contributed by atoms with van der Waals surface area (Å²) in [6.45, 7) is 0. The summed E-state index contributed by atoms with van der Waals surface area (Å²) in [4.78, 5) is 11.1. The van der Waals surface area contributed by atoms with Gasteiger partial charge in [0.1, 0.15) is 11.9 Å². The largest absolute Gasteiger partial charge is 0.497 e. The van der Waals surface area contributed by atoms with Crippen molar-refractivity contribution in [2.45, 2.75) is 6.10 Å². The van der Waals surface area contributed by atoms with E-state index in [2.05, 4.69) is 0 Å². The van der Waals surface area contributed by atoms with Crippen LogP contribution in [-0.4, -0.2) is 38.5 Å². The highest BCUT2D eigenvalue weighted by Crippen LogP contribution is 2.42. The highest BCUT2D eigenvalue weighted by atomic mass is 16.6. The molecular formula is C23H23NO7. The molecule has 0 aliphatic heterocycles. The molecule has 1 unspecified atom stereocenters. The fourth-order valence-electron chi connectivity index (χ4n) is 3.34. The third kappa shape index (κ3) is 4.39. The molecule has 0 heterocycles. The molecule has 0 aromatic heterocycles. The Morgan fingerprint density at radius 1 is 0.806 bits per heavy atom. The maximum Gasteiger partial charge on any atom is 0.275 e. The molecule has 3 rings (SSSR count). The summed E-state index contributed by atoms with van der Waals surface area (Å²) in [6, 6.07) is 15.0. The topological polar surface area (TPSA) is 100 Å². The third-order valence-corrected chi connectivity index (χ3v) is 4.94. The molecule has 0 saturated heterocycles. The maximum atomic E-state index is 11.6. The Morgan fingerprint density at radius 3 is 1.87 bits per heavy atom. The van der Waals surface area contributed by atoms with E-state index in [1.807, 2.05) is 12.1 Å². The number of nitro groups is 1. The average molecular weight is 425 g/mol. The van der Waals surface area contributed by atoms with Gasteiger partial charge >= 0.3 is 0 Å². The Morgan fingerprint density at radius 2 is 1.39 bits per heavy atom. The van der Waals surface area contributed by atoms with Crippen LogP contribution in [-0.2, 0) is 0 Å². The maximum absolute atomic E-state index is 11.6. The molecule has 0 fully saturated rings. The summed E-state index contributed by atoms with van der Waals surface area (Å²) in [6.07, 6.45) is -1.30. The molecule has 3 aromatic carbocycles. The van der Waals surface area contributed by atoms with Crippen LogP contribution in [0.4, 0.5) is 5.69 Å². The third-order valence-electron chi connectivity index (χ3n) is 4.94. The molecule has 162 valence electrons. The van der Waals surface area contributed by atoms with Gasteiger partial charge in [0, 0.05) is 6.07 Å². The van der Waals surface area contributed by atoms with E-state index in [-0.39, 0.29) is 11.3 Å². The second-order valence-corrected chi connectivity index (χ2v) is 6.62. The van der Waals surface area contributed by atoms with Crippen LogP contribution < -0.4 is 18.9 Å². The number of hydrogen-bond acceptors (Lipinski definition) is 7. The predicted octanol–water partition coefficient (Wildman–Crippen LogP) is 4.38. The lowest BCUT2D eigenvalue weighted by Crippen LogP contribution is -2.06. The van der Waals surface area contributed by atoms with Crippen LogP contribution in [0.3, 0.4) is 0 Å². The Labute approximate surface area is 179 Å². The number of methoxy groups -OCH3 is 4. The van der Waals surface area contributed by atoms with Gasteiger partial charge in [0.25, 0.3) is 5.69 Å². The van der Waals surface area contributed by atoms with Crippen LogP contribution in [0.15, 0.2) is 54.6 Å². The summed E-state index contributed by atoms with van der Waals surface area (Å²) in [5.41, 5.74) is 1.86. The van der Waals surface area contributed by atoms with Crippen molar-refractivity contribution in [2.75, 3.05) is 28.4 Å². The van der Waals surface area contributed by atoms with Crippen molar-refractivity contribution < 1.29 is 29.0 Å². The molecule has 0 radical (unpaired) electrons. The minimum absolute atomic E-state index is 0.146. The molecule has 8 heteroatoms. The molecular weight excluding hydrogens is 402 g/mol. The van der Waals surface area contributed by atoms with Crippen molar-refractivity contribution in [1.82, 2.24) is 0 Å². The van der Waals surface area contributed by atoms with Crippen molar-refractivity contribution in [3.63, 3.8) is 0 Å². The van der Waals surface area contributed by atoms with E-state index in [9.17, 15) is 15.2 Å².